The number of rotatable bonds is 1. The van der Waals surface area contributed by atoms with Crippen molar-refractivity contribution in [3.05, 3.63) is 18.1 Å². The van der Waals surface area contributed by atoms with Crippen LogP contribution in [0.15, 0.2) is 12.4 Å². The van der Waals surface area contributed by atoms with Crippen LogP contribution in [0, 0.1) is 0 Å². The van der Waals surface area contributed by atoms with Crippen LogP contribution in [0.25, 0.3) is 0 Å². The second kappa shape index (κ2) is 4.29. The van der Waals surface area contributed by atoms with Crippen molar-refractivity contribution in [3.8, 4) is 0 Å². The molecule has 17 heavy (non-hydrogen) atoms. The van der Waals surface area contributed by atoms with Gasteiger partial charge in [0.2, 0.25) is 0 Å². The largest absolute Gasteiger partial charge is 0.382 e. The molecule has 2 rings (SSSR count). The Hall–Kier alpha value is -1.69. The zero-order valence-corrected chi connectivity index (χ0v) is 10.0. The number of nitrogen functional groups attached to an aromatic ring is 1. The number of morpholine rings is 1. The van der Waals surface area contributed by atoms with E-state index >= 15 is 0 Å². The van der Waals surface area contributed by atoms with Gasteiger partial charge in [-0.2, -0.15) is 0 Å². The summed E-state index contributed by atoms with van der Waals surface area (Å²) in [5.74, 6) is 0.178. The molecule has 0 spiro atoms. The first kappa shape index (κ1) is 11.8. The number of hydrogen-bond donors (Lipinski definition) is 1. The van der Waals surface area contributed by atoms with E-state index in [-0.39, 0.29) is 11.5 Å². The van der Waals surface area contributed by atoms with Crippen molar-refractivity contribution in [3.63, 3.8) is 0 Å². The molecule has 6 nitrogen and oxygen atoms in total. The Balaban J connectivity index is 2.12. The van der Waals surface area contributed by atoms with Gasteiger partial charge in [-0.3, -0.25) is 4.79 Å². The molecule has 1 aliphatic rings. The van der Waals surface area contributed by atoms with Gasteiger partial charge in [0.15, 0.2) is 0 Å². The van der Waals surface area contributed by atoms with Crippen molar-refractivity contribution < 1.29 is 9.53 Å². The van der Waals surface area contributed by atoms with Gasteiger partial charge < -0.3 is 15.4 Å². The molecule has 1 aliphatic heterocycles. The molecule has 92 valence electrons. The maximum Gasteiger partial charge on any atom is 0.274 e. The number of ether oxygens (including phenoxy) is 1. The van der Waals surface area contributed by atoms with E-state index < -0.39 is 0 Å². The van der Waals surface area contributed by atoms with Gasteiger partial charge in [-0.1, -0.05) is 0 Å². The van der Waals surface area contributed by atoms with Crippen molar-refractivity contribution >= 4 is 11.7 Å². The third-order valence-corrected chi connectivity index (χ3v) is 2.60. The van der Waals surface area contributed by atoms with Crippen LogP contribution in [0.1, 0.15) is 24.3 Å². The molecule has 0 unspecified atom stereocenters. The molecular formula is C11H16N4O2. The predicted molar refractivity (Wildman–Crippen MR) is 62.4 cm³/mol. The lowest BCUT2D eigenvalue weighted by Crippen LogP contribution is -2.50. The zero-order valence-electron chi connectivity index (χ0n) is 10.0. The summed E-state index contributed by atoms with van der Waals surface area (Å²) >= 11 is 0. The van der Waals surface area contributed by atoms with Gasteiger partial charge >= 0.3 is 0 Å². The molecule has 0 atom stereocenters. The summed E-state index contributed by atoms with van der Waals surface area (Å²) in [6.45, 7) is 5.59. The third-order valence-electron chi connectivity index (χ3n) is 2.60. The lowest BCUT2D eigenvalue weighted by molar-refractivity contribution is -0.0765. The Morgan fingerprint density at radius 3 is 2.82 bits per heavy atom. The number of carbonyl (C=O) groups excluding carboxylic acids is 1. The normalized spacial score (nSPS) is 19.1. The zero-order chi connectivity index (χ0) is 12.5. The molecule has 0 aromatic carbocycles. The standard InChI is InChI=1S/C11H16N4O2/c1-11(2)7-15(3-4-17-11)10(16)8-5-14-9(12)6-13-8/h5-6H,3-4,7H2,1-2H3,(H2,12,14). The van der Waals surface area contributed by atoms with Crippen LogP contribution in [0.5, 0.6) is 0 Å². The van der Waals surface area contributed by atoms with Crippen LogP contribution in [0.2, 0.25) is 0 Å². The van der Waals surface area contributed by atoms with Gasteiger partial charge in [-0.05, 0) is 13.8 Å². The van der Waals surface area contributed by atoms with Gasteiger partial charge in [-0.25, -0.2) is 9.97 Å². The number of anilines is 1. The van der Waals surface area contributed by atoms with E-state index in [4.69, 9.17) is 10.5 Å². The smallest absolute Gasteiger partial charge is 0.274 e. The van der Waals surface area contributed by atoms with Gasteiger partial charge in [0.25, 0.3) is 5.91 Å². The van der Waals surface area contributed by atoms with Crippen LogP contribution < -0.4 is 5.73 Å². The van der Waals surface area contributed by atoms with Crippen LogP contribution in [-0.2, 0) is 4.74 Å². The Labute approximate surface area is 99.8 Å². The number of nitrogens with two attached hydrogens (primary N) is 1. The maximum absolute atomic E-state index is 12.1. The molecule has 1 aromatic rings. The van der Waals surface area contributed by atoms with Crippen LogP contribution in [-0.4, -0.2) is 46.1 Å². The van der Waals surface area contributed by atoms with Crippen LogP contribution >= 0.6 is 0 Å². The average molecular weight is 236 g/mol. The fraction of sp³-hybridized carbons (Fsp3) is 0.545. The molecule has 1 fully saturated rings. The molecule has 1 saturated heterocycles. The van der Waals surface area contributed by atoms with Crippen molar-refractivity contribution in [2.24, 2.45) is 0 Å². The first-order chi connectivity index (χ1) is 7.98. The van der Waals surface area contributed by atoms with E-state index in [9.17, 15) is 4.79 Å². The summed E-state index contributed by atoms with van der Waals surface area (Å²) in [4.78, 5) is 21.7. The monoisotopic (exact) mass is 236 g/mol. The average Bonchev–Trinajstić information content (AvgIpc) is 2.28. The summed E-state index contributed by atoms with van der Waals surface area (Å²) in [5, 5.41) is 0. The second-order valence-corrected chi connectivity index (χ2v) is 4.66. The Morgan fingerprint density at radius 1 is 1.47 bits per heavy atom. The van der Waals surface area contributed by atoms with E-state index in [0.717, 1.165) is 0 Å². The first-order valence-corrected chi connectivity index (χ1v) is 5.49. The number of aromatic nitrogens is 2. The molecule has 2 N–H and O–H groups in total. The summed E-state index contributed by atoms with van der Waals surface area (Å²) < 4.78 is 5.55. The Morgan fingerprint density at radius 2 is 2.24 bits per heavy atom. The molecule has 0 radical (unpaired) electrons. The minimum Gasteiger partial charge on any atom is -0.382 e. The summed E-state index contributed by atoms with van der Waals surface area (Å²) in [6, 6.07) is 0. The van der Waals surface area contributed by atoms with Gasteiger partial charge in [0.05, 0.1) is 24.6 Å². The SMILES string of the molecule is CC1(C)CN(C(=O)c2cnc(N)cn2)CCO1. The molecule has 0 aliphatic carbocycles. The molecule has 6 heteroatoms. The summed E-state index contributed by atoms with van der Waals surface area (Å²) in [7, 11) is 0. The third kappa shape index (κ3) is 2.71. The quantitative estimate of drug-likeness (QED) is 0.759. The Kier molecular flexibility index (Phi) is 2.97. The van der Waals surface area contributed by atoms with E-state index in [1.807, 2.05) is 13.8 Å². The number of carbonyl (C=O) groups is 1. The van der Waals surface area contributed by atoms with Crippen molar-refractivity contribution in [1.82, 2.24) is 14.9 Å². The van der Waals surface area contributed by atoms with Gasteiger partial charge in [0.1, 0.15) is 11.5 Å². The predicted octanol–water partition coefficient (Wildman–Crippen LogP) is 0.310. The van der Waals surface area contributed by atoms with Crippen molar-refractivity contribution in [1.29, 1.82) is 0 Å². The van der Waals surface area contributed by atoms with Crippen molar-refractivity contribution in [2.45, 2.75) is 19.4 Å². The number of hydrogen-bond acceptors (Lipinski definition) is 5. The summed E-state index contributed by atoms with van der Waals surface area (Å²) in [5.41, 5.74) is 5.44. The van der Waals surface area contributed by atoms with E-state index in [2.05, 4.69) is 9.97 Å². The van der Waals surface area contributed by atoms with Crippen molar-refractivity contribution in [2.75, 3.05) is 25.4 Å². The minimum atomic E-state index is -0.310. The van der Waals surface area contributed by atoms with E-state index in [1.165, 1.54) is 12.4 Å². The van der Waals surface area contributed by atoms with E-state index in [1.54, 1.807) is 4.90 Å². The fourth-order valence-corrected chi connectivity index (χ4v) is 1.80. The highest BCUT2D eigenvalue weighted by Gasteiger charge is 2.30. The van der Waals surface area contributed by atoms with Crippen LogP contribution in [0.4, 0.5) is 5.82 Å². The molecule has 0 bridgehead atoms. The number of nitrogens with zero attached hydrogens (tertiary/aromatic N) is 3. The van der Waals surface area contributed by atoms with E-state index in [0.29, 0.717) is 31.2 Å². The van der Waals surface area contributed by atoms with Gasteiger partial charge in [-0.15, -0.1) is 0 Å². The molecule has 1 aromatic heterocycles. The number of amides is 1. The highest BCUT2D eigenvalue weighted by molar-refractivity contribution is 5.92. The fourth-order valence-electron chi connectivity index (χ4n) is 1.80. The maximum atomic E-state index is 12.1. The lowest BCUT2D eigenvalue weighted by Gasteiger charge is -2.37. The lowest BCUT2D eigenvalue weighted by atomic mass is 10.1. The van der Waals surface area contributed by atoms with Crippen LogP contribution in [0.3, 0.4) is 0 Å². The molecule has 2 heterocycles. The molecular weight excluding hydrogens is 220 g/mol. The highest BCUT2D eigenvalue weighted by atomic mass is 16.5. The molecule has 0 saturated carbocycles. The highest BCUT2D eigenvalue weighted by Crippen LogP contribution is 2.17. The Bertz CT molecular complexity index is 416. The molecule has 1 amide bonds. The minimum absolute atomic E-state index is 0.131. The summed E-state index contributed by atoms with van der Waals surface area (Å²) in [6.07, 6.45) is 2.79. The second-order valence-electron chi connectivity index (χ2n) is 4.66. The van der Waals surface area contributed by atoms with Gasteiger partial charge in [0, 0.05) is 13.1 Å². The topological polar surface area (TPSA) is 81.3 Å². The first-order valence-electron chi connectivity index (χ1n) is 5.49.